The second-order valence-electron chi connectivity index (χ2n) is 3.31. The Labute approximate surface area is 68.6 Å². The van der Waals surface area contributed by atoms with Gasteiger partial charge in [0.2, 0.25) is 0 Å². The van der Waals surface area contributed by atoms with Crippen LogP contribution in [0.25, 0.3) is 0 Å². The first-order valence-electron chi connectivity index (χ1n) is 4.23. The summed E-state index contributed by atoms with van der Waals surface area (Å²) in [5.41, 5.74) is 0. The normalized spacial score (nSPS) is 16.0. The van der Waals surface area contributed by atoms with Crippen LogP contribution in [0.4, 0.5) is 0 Å². The fourth-order valence-corrected chi connectivity index (χ4v) is 1.05. The van der Waals surface area contributed by atoms with Gasteiger partial charge in [-0.3, -0.25) is 4.79 Å². The van der Waals surface area contributed by atoms with E-state index >= 15 is 0 Å². The monoisotopic (exact) mass is 158 g/mol. The highest BCUT2D eigenvalue weighted by Crippen LogP contribution is 2.11. The van der Waals surface area contributed by atoms with Crippen molar-refractivity contribution in [1.29, 1.82) is 0 Å². The minimum Gasteiger partial charge on any atom is -0.393 e. The minimum atomic E-state index is -0.428. The van der Waals surface area contributed by atoms with Gasteiger partial charge in [0.1, 0.15) is 5.78 Å². The molecule has 1 N–H and O–H groups in total. The summed E-state index contributed by atoms with van der Waals surface area (Å²) in [6.45, 7) is 5.69. The van der Waals surface area contributed by atoms with Crippen molar-refractivity contribution in [2.45, 2.75) is 46.1 Å². The average molecular weight is 158 g/mol. The number of carbonyl (C=O) groups excluding carboxylic acids is 1. The Balaban J connectivity index is 3.51. The molecular formula is C9H18O2. The first kappa shape index (κ1) is 10.6. The molecular weight excluding hydrogens is 140 g/mol. The van der Waals surface area contributed by atoms with Gasteiger partial charge in [0.05, 0.1) is 6.10 Å². The molecule has 0 radical (unpaired) electrons. The van der Waals surface area contributed by atoms with Crippen LogP contribution in [0.15, 0.2) is 0 Å². The summed E-state index contributed by atoms with van der Waals surface area (Å²) in [4.78, 5) is 10.6. The first-order valence-corrected chi connectivity index (χ1v) is 4.23. The highest BCUT2D eigenvalue weighted by Gasteiger charge is 2.10. The molecule has 0 aromatic rings. The second kappa shape index (κ2) is 5.30. The third kappa shape index (κ3) is 6.05. The maximum Gasteiger partial charge on any atom is 0.132 e. The van der Waals surface area contributed by atoms with E-state index in [9.17, 15) is 9.90 Å². The van der Waals surface area contributed by atoms with Crippen LogP contribution in [-0.4, -0.2) is 17.0 Å². The van der Waals surface area contributed by atoms with E-state index in [0.29, 0.717) is 12.3 Å². The second-order valence-corrected chi connectivity index (χ2v) is 3.31. The van der Waals surface area contributed by atoms with Crippen molar-refractivity contribution in [3.63, 3.8) is 0 Å². The molecule has 0 spiro atoms. The van der Waals surface area contributed by atoms with E-state index in [2.05, 4.69) is 13.8 Å². The molecule has 0 heterocycles. The van der Waals surface area contributed by atoms with Crippen molar-refractivity contribution in [2.75, 3.05) is 0 Å². The van der Waals surface area contributed by atoms with E-state index in [1.54, 1.807) is 0 Å². The lowest BCUT2D eigenvalue weighted by Gasteiger charge is -2.12. The topological polar surface area (TPSA) is 37.3 Å². The molecule has 0 aromatic heterocycles. The Morgan fingerprint density at radius 1 is 1.55 bits per heavy atom. The van der Waals surface area contributed by atoms with E-state index in [0.717, 1.165) is 12.8 Å². The van der Waals surface area contributed by atoms with E-state index < -0.39 is 6.10 Å². The zero-order valence-corrected chi connectivity index (χ0v) is 7.63. The molecule has 0 saturated carbocycles. The molecule has 0 saturated heterocycles. The molecule has 0 aromatic carbocycles. The van der Waals surface area contributed by atoms with E-state index in [4.69, 9.17) is 0 Å². The molecule has 0 rings (SSSR count). The third-order valence-corrected chi connectivity index (χ3v) is 1.89. The van der Waals surface area contributed by atoms with Gasteiger partial charge in [-0.15, -0.1) is 0 Å². The summed E-state index contributed by atoms with van der Waals surface area (Å²) < 4.78 is 0. The van der Waals surface area contributed by atoms with Gasteiger partial charge in [-0.25, -0.2) is 0 Å². The summed E-state index contributed by atoms with van der Waals surface area (Å²) in [6.07, 6.45) is 1.69. The predicted molar refractivity (Wildman–Crippen MR) is 45.4 cm³/mol. The largest absolute Gasteiger partial charge is 0.393 e. The fraction of sp³-hybridized carbons (Fsp3) is 0.889. The average Bonchev–Trinajstić information content (AvgIpc) is 1.85. The van der Waals surface area contributed by atoms with Gasteiger partial charge in [-0.2, -0.15) is 0 Å². The van der Waals surface area contributed by atoms with Crippen LogP contribution in [-0.2, 0) is 4.79 Å². The molecule has 2 nitrogen and oxygen atoms in total. The number of rotatable bonds is 5. The van der Waals surface area contributed by atoms with Crippen molar-refractivity contribution < 1.29 is 9.90 Å². The molecule has 0 amide bonds. The number of ketones is 1. The number of carbonyl (C=O) groups is 1. The van der Waals surface area contributed by atoms with E-state index in [1.807, 2.05) is 0 Å². The summed E-state index contributed by atoms with van der Waals surface area (Å²) in [5.74, 6) is 0.588. The zero-order chi connectivity index (χ0) is 8.85. The van der Waals surface area contributed by atoms with Gasteiger partial charge in [-0.1, -0.05) is 20.3 Å². The standard InChI is InChI=1S/C9H18O2/c1-4-7(2)5-9(11)6-8(3)10/h7,9,11H,4-6H2,1-3H3. The maximum atomic E-state index is 10.6. The van der Waals surface area contributed by atoms with Crippen LogP contribution in [0.3, 0.4) is 0 Å². The SMILES string of the molecule is CCC(C)CC(O)CC(C)=O. The lowest BCUT2D eigenvalue weighted by molar-refractivity contribution is -0.119. The van der Waals surface area contributed by atoms with Crippen molar-refractivity contribution in [3.05, 3.63) is 0 Å². The summed E-state index contributed by atoms with van der Waals surface area (Å²) >= 11 is 0. The lowest BCUT2D eigenvalue weighted by atomic mass is 9.98. The smallest absolute Gasteiger partial charge is 0.132 e. The number of Topliss-reactive ketones (excluding diaryl/α,β-unsaturated/α-hetero) is 1. The molecule has 0 fully saturated rings. The van der Waals surface area contributed by atoms with E-state index in [-0.39, 0.29) is 5.78 Å². The van der Waals surface area contributed by atoms with Crippen molar-refractivity contribution in [2.24, 2.45) is 5.92 Å². The Morgan fingerprint density at radius 2 is 2.09 bits per heavy atom. The molecule has 0 aliphatic carbocycles. The highest BCUT2D eigenvalue weighted by molar-refractivity contribution is 5.75. The van der Waals surface area contributed by atoms with Crippen LogP contribution >= 0.6 is 0 Å². The van der Waals surface area contributed by atoms with Crippen LogP contribution in [0.1, 0.15) is 40.0 Å². The molecule has 66 valence electrons. The van der Waals surface area contributed by atoms with Crippen LogP contribution in [0.2, 0.25) is 0 Å². The fourth-order valence-electron chi connectivity index (χ4n) is 1.05. The molecule has 0 aliphatic heterocycles. The van der Waals surface area contributed by atoms with Gasteiger partial charge in [0.25, 0.3) is 0 Å². The molecule has 11 heavy (non-hydrogen) atoms. The van der Waals surface area contributed by atoms with Crippen molar-refractivity contribution in [1.82, 2.24) is 0 Å². The third-order valence-electron chi connectivity index (χ3n) is 1.89. The van der Waals surface area contributed by atoms with Gasteiger partial charge in [0.15, 0.2) is 0 Å². The predicted octanol–water partition coefficient (Wildman–Crippen LogP) is 1.76. The van der Waals surface area contributed by atoms with Gasteiger partial charge >= 0.3 is 0 Å². The highest BCUT2D eigenvalue weighted by atomic mass is 16.3. The lowest BCUT2D eigenvalue weighted by Crippen LogP contribution is -2.14. The molecule has 2 heteroatoms. The summed E-state index contributed by atoms with van der Waals surface area (Å²) in [5, 5.41) is 9.30. The Morgan fingerprint density at radius 3 is 2.45 bits per heavy atom. The Kier molecular flexibility index (Phi) is 5.12. The number of aliphatic hydroxyl groups is 1. The summed E-state index contributed by atoms with van der Waals surface area (Å²) in [6, 6.07) is 0. The summed E-state index contributed by atoms with van der Waals surface area (Å²) in [7, 11) is 0. The molecule has 2 atom stereocenters. The van der Waals surface area contributed by atoms with Crippen LogP contribution in [0.5, 0.6) is 0 Å². The number of hydrogen-bond donors (Lipinski definition) is 1. The van der Waals surface area contributed by atoms with Gasteiger partial charge in [-0.05, 0) is 19.3 Å². The first-order chi connectivity index (χ1) is 5.06. The number of aliphatic hydroxyl groups excluding tert-OH is 1. The van der Waals surface area contributed by atoms with Gasteiger partial charge in [0, 0.05) is 6.42 Å². The Hall–Kier alpha value is -0.370. The quantitative estimate of drug-likeness (QED) is 0.662. The maximum absolute atomic E-state index is 10.6. The van der Waals surface area contributed by atoms with Crippen molar-refractivity contribution >= 4 is 5.78 Å². The minimum absolute atomic E-state index is 0.0702. The van der Waals surface area contributed by atoms with Crippen molar-refractivity contribution in [3.8, 4) is 0 Å². The van der Waals surface area contributed by atoms with Crippen LogP contribution in [0, 0.1) is 5.92 Å². The van der Waals surface area contributed by atoms with Gasteiger partial charge < -0.3 is 5.11 Å². The number of hydrogen-bond acceptors (Lipinski definition) is 2. The molecule has 0 bridgehead atoms. The molecule has 2 unspecified atom stereocenters. The Bertz CT molecular complexity index is 121. The van der Waals surface area contributed by atoms with E-state index in [1.165, 1.54) is 6.92 Å². The zero-order valence-electron chi connectivity index (χ0n) is 7.63. The van der Waals surface area contributed by atoms with Crippen LogP contribution < -0.4 is 0 Å². The molecule has 0 aliphatic rings.